The van der Waals surface area contributed by atoms with E-state index >= 15 is 0 Å². The quantitative estimate of drug-likeness (QED) is 0.727. The minimum Gasteiger partial charge on any atom is -0.387 e. The first-order valence-corrected chi connectivity index (χ1v) is 5.36. The highest BCUT2D eigenvalue weighted by atomic mass is 19.1. The number of nitrogens with two attached hydrogens (primary N) is 1. The van der Waals surface area contributed by atoms with Gasteiger partial charge in [0.05, 0.1) is 6.61 Å². The average molecular weight is 259 g/mol. The Morgan fingerprint density at radius 3 is 3.06 bits per heavy atom. The number of aliphatic hydroxyl groups is 1. The first-order valence-electron chi connectivity index (χ1n) is 5.36. The van der Waals surface area contributed by atoms with Gasteiger partial charge in [0.1, 0.15) is 18.0 Å². The molecule has 0 saturated carbocycles. The zero-order valence-corrected chi connectivity index (χ0v) is 9.69. The summed E-state index contributed by atoms with van der Waals surface area (Å²) in [7, 11) is 1.41. The fourth-order valence-electron chi connectivity index (χ4n) is 1.85. The van der Waals surface area contributed by atoms with Gasteiger partial charge in [-0.3, -0.25) is 4.57 Å². The molecule has 0 aromatic carbocycles. The van der Waals surface area contributed by atoms with Crippen LogP contribution in [-0.2, 0) is 9.47 Å². The van der Waals surface area contributed by atoms with Gasteiger partial charge in [-0.2, -0.15) is 4.98 Å². The number of nitrogens with zero attached hydrogens (tertiary/aromatic N) is 2. The first kappa shape index (κ1) is 12.9. The number of hydrogen-bond donors (Lipinski definition) is 2. The van der Waals surface area contributed by atoms with Crippen molar-refractivity contribution in [3.63, 3.8) is 0 Å². The molecule has 0 unspecified atom stereocenters. The molecule has 0 amide bonds. The van der Waals surface area contributed by atoms with Crippen LogP contribution < -0.4 is 11.4 Å². The van der Waals surface area contributed by atoms with Crippen molar-refractivity contribution in [2.75, 3.05) is 19.5 Å². The predicted octanol–water partition coefficient (Wildman–Crippen LogP) is -0.932. The summed E-state index contributed by atoms with van der Waals surface area (Å²) in [5.74, 6) is 0.0404. The zero-order chi connectivity index (χ0) is 13.3. The van der Waals surface area contributed by atoms with Crippen molar-refractivity contribution in [3.8, 4) is 0 Å². The van der Waals surface area contributed by atoms with Crippen LogP contribution in [0.5, 0.6) is 0 Å². The number of ether oxygens (including phenoxy) is 2. The van der Waals surface area contributed by atoms with E-state index in [4.69, 9.17) is 15.2 Å². The molecule has 8 heteroatoms. The van der Waals surface area contributed by atoms with Crippen molar-refractivity contribution in [1.29, 1.82) is 0 Å². The lowest BCUT2D eigenvalue weighted by molar-refractivity contribution is -0.0571. The maximum Gasteiger partial charge on any atom is 0.351 e. The van der Waals surface area contributed by atoms with E-state index in [9.17, 15) is 14.3 Å². The Hall–Kier alpha value is -1.51. The SMILES string of the molecule is COC[C@@H]1O[C@@H](n2ccc(N)nc2=O)[C@H](F)[C@@H]1O. The van der Waals surface area contributed by atoms with Gasteiger partial charge in [-0.25, -0.2) is 9.18 Å². The smallest absolute Gasteiger partial charge is 0.351 e. The predicted molar refractivity (Wildman–Crippen MR) is 59.6 cm³/mol. The van der Waals surface area contributed by atoms with Gasteiger partial charge in [-0.05, 0) is 6.07 Å². The van der Waals surface area contributed by atoms with E-state index in [1.807, 2.05) is 0 Å². The number of halogens is 1. The zero-order valence-electron chi connectivity index (χ0n) is 9.69. The van der Waals surface area contributed by atoms with Gasteiger partial charge >= 0.3 is 5.69 Å². The molecular weight excluding hydrogens is 245 g/mol. The average Bonchev–Trinajstić information content (AvgIpc) is 2.58. The molecule has 1 fully saturated rings. The van der Waals surface area contributed by atoms with Crippen molar-refractivity contribution in [2.45, 2.75) is 24.6 Å². The summed E-state index contributed by atoms with van der Waals surface area (Å²) in [6, 6.07) is 1.35. The van der Waals surface area contributed by atoms with Crippen LogP contribution in [0.1, 0.15) is 6.23 Å². The number of hydrogen-bond acceptors (Lipinski definition) is 6. The molecule has 1 aliphatic heterocycles. The third-order valence-electron chi connectivity index (χ3n) is 2.75. The van der Waals surface area contributed by atoms with Crippen molar-refractivity contribution < 1.29 is 19.0 Å². The van der Waals surface area contributed by atoms with Crippen molar-refractivity contribution in [1.82, 2.24) is 9.55 Å². The Morgan fingerprint density at radius 2 is 2.44 bits per heavy atom. The fraction of sp³-hybridized carbons (Fsp3) is 0.600. The van der Waals surface area contributed by atoms with Gasteiger partial charge in [0, 0.05) is 13.3 Å². The van der Waals surface area contributed by atoms with Gasteiger partial charge in [0.25, 0.3) is 0 Å². The van der Waals surface area contributed by atoms with E-state index < -0.39 is 30.3 Å². The van der Waals surface area contributed by atoms with E-state index in [0.29, 0.717) is 0 Å². The molecule has 7 nitrogen and oxygen atoms in total. The summed E-state index contributed by atoms with van der Waals surface area (Å²) < 4.78 is 24.9. The van der Waals surface area contributed by atoms with Crippen LogP contribution in [0, 0.1) is 0 Å². The molecule has 2 heterocycles. The number of rotatable bonds is 3. The van der Waals surface area contributed by atoms with Gasteiger partial charge in [0.2, 0.25) is 0 Å². The minimum absolute atomic E-state index is 0.0369. The van der Waals surface area contributed by atoms with Crippen molar-refractivity contribution in [3.05, 3.63) is 22.7 Å². The maximum absolute atomic E-state index is 13.9. The summed E-state index contributed by atoms with van der Waals surface area (Å²) in [6.45, 7) is 0.0369. The summed E-state index contributed by atoms with van der Waals surface area (Å²) in [5.41, 5.74) is 4.61. The molecule has 1 saturated heterocycles. The summed E-state index contributed by atoms with van der Waals surface area (Å²) >= 11 is 0. The lowest BCUT2D eigenvalue weighted by Gasteiger charge is -2.15. The second kappa shape index (κ2) is 5.01. The molecule has 0 bridgehead atoms. The summed E-state index contributed by atoms with van der Waals surface area (Å²) in [5, 5.41) is 9.63. The molecule has 1 aromatic rings. The minimum atomic E-state index is -1.73. The first-order chi connectivity index (χ1) is 8.54. The maximum atomic E-state index is 13.9. The second-order valence-electron chi connectivity index (χ2n) is 4.00. The lowest BCUT2D eigenvalue weighted by atomic mass is 10.1. The van der Waals surface area contributed by atoms with Gasteiger partial charge in [0.15, 0.2) is 12.4 Å². The molecule has 1 aliphatic rings. The highest BCUT2D eigenvalue weighted by Gasteiger charge is 2.45. The number of alkyl halides is 1. The normalized spacial score (nSPS) is 31.7. The van der Waals surface area contributed by atoms with Crippen LogP contribution in [-0.4, -0.2) is 46.8 Å². The molecule has 3 N–H and O–H groups in total. The fourth-order valence-corrected chi connectivity index (χ4v) is 1.85. The Balaban J connectivity index is 2.26. The third kappa shape index (κ3) is 2.22. The van der Waals surface area contributed by atoms with E-state index in [1.165, 1.54) is 19.4 Å². The Morgan fingerprint density at radius 1 is 1.72 bits per heavy atom. The lowest BCUT2D eigenvalue weighted by Crippen LogP contribution is -2.33. The Bertz CT molecular complexity index is 480. The van der Waals surface area contributed by atoms with Gasteiger partial charge in [-0.15, -0.1) is 0 Å². The monoisotopic (exact) mass is 259 g/mol. The number of anilines is 1. The topological polar surface area (TPSA) is 99.6 Å². The van der Waals surface area contributed by atoms with Crippen LogP contribution in [0.3, 0.4) is 0 Å². The Labute approximate surface area is 102 Å². The molecule has 1 aromatic heterocycles. The summed E-state index contributed by atoms with van der Waals surface area (Å²) in [6.07, 6.45) is -3.84. The molecule has 4 atom stereocenters. The summed E-state index contributed by atoms with van der Waals surface area (Å²) in [4.78, 5) is 15.0. The van der Waals surface area contributed by atoms with E-state index in [2.05, 4.69) is 4.98 Å². The number of methoxy groups -OCH3 is 1. The van der Waals surface area contributed by atoms with E-state index in [0.717, 1.165) is 4.57 Å². The molecule has 2 rings (SSSR count). The largest absolute Gasteiger partial charge is 0.387 e. The number of nitrogen functional groups attached to an aromatic ring is 1. The number of aliphatic hydroxyl groups excluding tert-OH is 1. The molecule has 100 valence electrons. The van der Waals surface area contributed by atoms with Crippen molar-refractivity contribution >= 4 is 5.82 Å². The van der Waals surface area contributed by atoms with Crippen LogP contribution in [0.15, 0.2) is 17.1 Å². The molecule has 0 aliphatic carbocycles. The molecule has 0 radical (unpaired) electrons. The highest BCUT2D eigenvalue weighted by molar-refractivity contribution is 5.23. The van der Waals surface area contributed by atoms with E-state index in [1.54, 1.807) is 0 Å². The van der Waals surface area contributed by atoms with Crippen molar-refractivity contribution in [2.24, 2.45) is 0 Å². The number of aromatic nitrogens is 2. The van der Waals surface area contributed by atoms with Crippen LogP contribution in [0.25, 0.3) is 0 Å². The molecular formula is C10H14FN3O4. The highest BCUT2D eigenvalue weighted by Crippen LogP contribution is 2.30. The van der Waals surface area contributed by atoms with Crippen LogP contribution in [0.4, 0.5) is 10.2 Å². The molecule has 18 heavy (non-hydrogen) atoms. The third-order valence-corrected chi connectivity index (χ3v) is 2.75. The molecule has 0 spiro atoms. The van der Waals surface area contributed by atoms with Gasteiger partial charge < -0.3 is 20.3 Å². The van der Waals surface area contributed by atoms with E-state index in [-0.39, 0.29) is 12.4 Å². The Kier molecular flexibility index (Phi) is 3.60. The standard InChI is InChI=1S/C10H14FN3O4/c1-17-4-5-8(15)7(11)9(18-5)14-3-2-6(12)13-10(14)16/h2-3,5,7-9,15H,4H2,1H3,(H2,12,13,16)/t5-,7+,8+,9+/m0/s1. The van der Waals surface area contributed by atoms with Crippen LogP contribution in [0.2, 0.25) is 0 Å². The van der Waals surface area contributed by atoms with Crippen LogP contribution >= 0.6 is 0 Å². The van der Waals surface area contributed by atoms with Gasteiger partial charge in [-0.1, -0.05) is 0 Å². The second-order valence-corrected chi connectivity index (χ2v) is 4.00.